The van der Waals surface area contributed by atoms with E-state index in [1.165, 1.54) is 48.8 Å². The van der Waals surface area contributed by atoms with E-state index in [2.05, 4.69) is 14.4 Å². The number of hydrogen-bond donors (Lipinski definition) is 1. The molecule has 0 spiro atoms. The number of oxazole rings is 1. The van der Waals surface area contributed by atoms with Crippen LogP contribution in [0, 0.1) is 5.92 Å². The van der Waals surface area contributed by atoms with Gasteiger partial charge in [0, 0.05) is 24.9 Å². The molecule has 1 aliphatic carbocycles. The first-order valence-corrected chi connectivity index (χ1v) is 15.8. The fourth-order valence-corrected chi connectivity index (χ4v) is 5.46. The van der Waals surface area contributed by atoms with E-state index in [0.717, 1.165) is 23.7 Å². The molecule has 1 atom stereocenters. The molecular weight excluding hydrogens is 647 g/mol. The van der Waals surface area contributed by atoms with E-state index in [9.17, 15) is 26.8 Å². The summed E-state index contributed by atoms with van der Waals surface area (Å²) < 4.78 is 74.1. The van der Waals surface area contributed by atoms with Crippen LogP contribution in [-0.2, 0) is 32.5 Å². The third-order valence-electron chi connectivity index (χ3n) is 6.60. The highest BCUT2D eigenvalue weighted by Gasteiger charge is 2.26. The Hall–Kier alpha value is -3.88. The van der Waals surface area contributed by atoms with E-state index < -0.39 is 41.0 Å². The number of carbonyl (C=O) groups is 1. The van der Waals surface area contributed by atoms with Crippen molar-refractivity contribution in [2.45, 2.75) is 38.5 Å². The zero-order valence-corrected chi connectivity index (χ0v) is 25.3. The second-order valence-electron chi connectivity index (χ2n) is 10.1. The molecule has 16 heteroatoms. The Morgan fingerprint density at radius 2 is 1.86 bits per heavy atom. The molecule has 2 aromatic carbocycles. The van der Waals surface area contributed by atoms with Gasteiger partial charge in [0.1, 0.15) is 12.6 Å². The Bertz CT molecular complexity index is 1840. The predicted octanol–water partition coefficient (Wildman–Crippen LogP) is 5.59. The van der Waals surface area contributed by atoms with Crippen LogP contribution in [0.15, 0.2) is 58.0 Å². The minimum absolute atomic E-state index is 0.0371. The van der Waals surface area contributed by atoms with Crippen molar-refractivity contribution in [2.24, 2.45) is 5.92 Å². The number of fused-ring (bicyclic) bond motifs is 1. The second kappa shape index (κ2) is 13.0. The summed E-state index contributed by atoms with van der Waals surface area (Å²) in [6, 6.07) is 8.30. The zero-order chi connectivity index (χ0) is 31.6. The van der Waals surface area contributed by atoms with Crippen molar-refractivity contribution in [3.63, 3.8) is 0 Å². The van der Waals surface area contributed by atoms with E-state index in [4.69, 9.17) is 37.1 Å². The first-order chi connectivity index (χ1) is 20.9. The van der Waals surface area contributed by atoms with Gasteiger partial charge in [-0.2, -0.15) is 8.78 Å². The Labute approximate surface area is 259 Å². The molecule has 4 aromatic rings. The smallest absolute Gasteiger partial charge is 0.420 e. The maximum absolute atomic E-state index is 13.3. The first kappa shape index (κ1) is 31.5. The Balaban J connectivity index is 1.44. The van der Waals surface area contributed by atoms with Crippen LogP contribution >= 0.6 is 23.2 Å². The lowest BCUT2D eigenvalue weighted by Gasteiger charge is -2.21. The van der Waals surface area contributed by atoms with Crippen LogP contribution in [0.4, 0.5) is 14.5 Å². The second-order valence-corrected chi connectivity index (χ2v) is 12.7. The van der Waals surface area contributed by atoms with Crippen molar-refractivity contribution in [1.82, 2.24) is 9.55 Å². The highest BCUT2D eigenvalue weighted by molar-refractivity contribution is 7.92. The molecule has 5 rings (SSSR count). The lowest BCUT2D eigenvalue weighted by Crippen LogP contribution is -2.24. The average molecular weight is 672 g/mol. The lowest BCUT2D eigenvalue weighted by molar-refractivity contribution is -0.150. The van der Waals surface area contributed by atoms with Crippen LogP contribution in [-0.4, -0.2) is 43.4 Å². The molecule has 11 nitrogen and oxygen atoms in total. The van der Waals surface area contributed by atoms with Gasteiger partial charge in [0.2, 0.25) is 10.0 Å². The fraction of sp³-hybridized carbons (Fsp3) is 0.321. The number of nitrogens with one attached hydrogen (secondary N) is 1. The number of esters is 1. The molecule has 0 radical (unpaired) electrons. The molecule has 0 bridgehead atoms. The molecule has 44 heavy (non-hydrogen) atoms. The van der Waals surface area contributed by atoms with Crippen molar-refractivity contribution in [3.8, 4) is 11.5 Å². The Morgan fingerprint density at radius 3 is 2.52 bits per heavy atom. The van der Waals surface area contributed by atoms with E-state index >= 15 is 0 Å². The van der Waals surface area contributed by atoms with Crippen molar-refractivity contribution in [1.29, 1.82) is 0 Å². The maximum atomic E-state index is 13.3. The molecule has 0 saturated heterocycles. The summed E-state index contributed by atoms with van der Waals surface area (Å²) in [4.78, 5) is 29.8. The number of ether oxygens (including phenoxy) is 3. The number of nitrogens with zero attached hydrogens (tertiary/aromatic N) is 2. The number of halogens is 4. The summed E-state index contributed by atoms with van der Waals surface area (Å²) in [7, 11) is -3.58. The van der Waals surface area contributed by atoms with Gasteiger partial charge in [-0.15, -0.1) is 0 Å². The molecule has 0 amide bonds. The molecule has 234 valence electrons. The number of sulfonamides is 1. The molecule has 2 heterocycles. The standard InChI is InChI=1S/C28H25Cl2F2N3O8S/c1-44(38,39)34-17-5-6-21-24(9-17)43-28(37)35(21)13-26(36)41-23(10-18-19(29)11-33-12-20(18)30)16-4-7-22(42-27(31)32)25(8-16)40-14-15-2-3-15/h4-9,11-12,15,23,27,34H,2-3,10,13-14H2,1H3/t23-/m0/s1. The number of carbonyl (C=O) groups excluding carboxylic acids is 1. The largest absolute Gasteiger partial charge is 0.489 e. The zero-order valence-electron chi connectivity index (χ0n) is 23.0. The van der Waals surface area contributed by atoms with E-state index in [-0.39, 0.29) is 44.8 Å². The molecule has 2 aromatic heterocycles. The van der Waals surface area contributed by atoms with Gasteiger partial charge in [0.25, 0.3) is 0 Å². The SMILES string of the molecule is CS(=O)(=O)Nc1ccc2c(c1)oc(=O)n2CC(=O)O[C@@H](Cc1c(Cl)cncc1Cl)c1ccc(OC(F)F)c(OCC2CC2)c1. The number of aromatic nitrogens is 2. The Kier molecular flexibility index (Phi) is 9.32. The third-order valence-corrected chi connectivity index (χ3v) is 7.86. The van der Waals surface area contributed by atoms with Crippen LogP contribution in [0.3, 0.4) is 0 Å². The van der Waals surface area contributed by atoms with Gasteiger partial charge < -0.3 is 18.6 Å². The number of pyridine rings is 1. The molecule has 0 unspecified atom stereocenters. The van der Waals surface area contributed by atoms with Crippen molar-refractivity contribution >= 4 is 56.0 Å². The summed E-state index contributed by atoms with van der Waals surface area (Å²) in [5.74, 6) is -1.57. The Morgan fingerprint density at radius 1 is 1.14 bits per heavy atom. The number of benzene rings is 2. The summed E-state index contributed by atoms with van der Waals surface area (Å²) in [6.45, 7) is -3.36. The minimum atomic E-state index is -3.58. The van der Waals surface area contributed by atoms with Crippen LogP contribution in [0.2, 0.25) is 10.0 Å². The topological polar surface area (TPSA) is 139 Å². The minimum Gasteiger partial charge on any atom is -0.489 e. The summed E-state index contributed by atoms with van der Waals surface area (Å²) in [5, 5.41) is 0.411. The van der Waals surface area contributed by atoms with Crippen molar-refractivity contribution in [3.05, 3.63) is 80.5 Å². The predicted molar refractivity (Wildman–Crippen MR) is 157 cm³/mol. The number of hydrogen-bond acceptors (Lipinski definition) is 9. The molecule has 1 N–H and O–H groups in total. The molecule has 1 fully saturated rings. The van der Waals surface area contributed by atoms with Crippen molar-refractivity contribution < 1.29 is 40.6 Å². The van der Waals surface area contributed by atoms with E-state index in [1.54, 1.807) is 0 Å². The van der Waals surface area contributed by atoms with E-state index in [1.807, 2.05) is 0 Å². The number of alkyl halides is 2. The number of rotatable bonds is 13. The maximum Gasteiger partial charge on any atom is 0.420 e. The van der Waals surface area contributed by atoms with Crippen molar-refractivity contribution in [2.75, 3.05) is 17.6 Å². The molecule has 1 aliphatic rings. The highest BCUT2D eigenvalue weighted by atomic mass is 35.5. The number of anilines is 1. The van der Waals surface area contributed by atoms with Crippen LogP contribution < -0.4 is 20.0 Å². The summed E-state index contributed by atoms with van der Waals surface area (Å²) >= 11 is 12.7. The van der Waals surface area contributed by atoms with Gasteiger partial charge in [-0.05, 0) is 54.2 Å². The van der Waals surface area contributed by atoms with Gasteiger partial charge in [-0.25, -0.2) is 13.2 Å². The van der Waals surface area contributed by atoms with Crippen LogP contribution in [0.5, 0.6) is 11.5 Å². The van der Waals surface area contributed by atoms with E-state index in [0.29, 0.717) is 23.7 Å². The monoisotopic (exact) mass is 671 g/mol. The molecule has 1 saturated carbocycles. The average Bonchev–Trinajstić information content (AvgIpc) is 3.71. The highest BCUT2D eigenvalue weighted by Crippen LogP contribution is 2.38. The third kappa shape index (κ3) is 7.98. The quantitative estimate of drug-likeness (QED) is 0.180. The normalized spacial score (nSPS) is 14.0. The van der Waals surface area contributed by atoms with Gasteiger partial charge in [0.15, 0.2) is 17.1 Å². The van der Waals surface area contributed by atoms with Gasteiger partial charge in [0.05, 0.1) is 34.1 Å². The van der Waals surface area contributed by atoms with Gasteiger partial charge >= 0.3 is 18.3 Å². The summed E-state index contributed by atoms with van der Waals surface area (Å²) in [5.41, 5.74) is 1.18. The van der Waals surface area contributed by atoms with Gasteiger partial charge in [-0.3, -0.25) is 19.1 Å². The lowest BCUT2D eigenvalue weighted by atomic mass is 10.0. The molecule has 0 aliphatic heterocycles. The van der Waals surface area contributed by atoms with Crippen LogP contribution in [0.25, 0.3) is 11.1 Å². The van der Waals surface area contributed by atoms with Crippen LogP contribution in [0.1, 0.15) is 30.1 Å². The molecular formula is C28H25Cl2F2N3O8S. The summed E-state index contributed by atoms with van der Waals surface area (Å²) in [6.07, 6.45) is 4.53. The first-order valence-electron chi connectivity index (χ1n) is 13.2. The van der Waals surface area contributed by atoms with Gasteiger partial charge in [-0.1, -0.05) is 29.3 Å². The fourth-order valence-electron chi connectivity index (χ4n) is 4.39.